The molecule has 1 heterocycles. The van der Waals surface area contributed by atoms with E-state index in [2.05, 4.69) is 36.5 Å². The van der Waals surface area contributed by atoms with Gasteiger partial charge in [0, 0.05) is 17.3 Å². The van der Waals surface area contributed by atoms with Crippen LogP contribution in [-0.4, -0.2) is 21.6 Å². The van der Waals surface area contributed by atoms with Gasteiger partial charge in [0.15, 0.2) is 0 Å². The smallest absolute Gasteiger partial charge is 0.323 e. The molecule has 1 aliphatic rings. The molecular formula is C13H20N2O2S. The number of aromatic nitrogens is 1. The van der Waals surface area contributed by atoms with Gasteiger partial charge in [-0.1, -0.05) is 20.8 Å². The van der Waals surface area contributed by atoms with Crippen LogP contribution in [0.3, 0.4) is 0 Å². The van der Waals surface area contributed by atoms with Crippen molar-refractivity contribution < 1.29 is 9.90 Å². The maximum atomic E-state index is 11.2. The second-order valence-electron chi connectivity index (χ2n) is 5.97. The van der Waals surface area contributed by atoms with Crippen molar-refractivity contribution in [3.63, 3.8) is 0 Å². The van der Waals surface area contributed by atoms with Gasteiger partial charge >= 0.3 is 5.97 Å². The van der Waals surface area contributed by atoms with Gasteiger partial charge in [-0.3, -0.25) is 10.1 Å². The molecule has 1 saturated carbocycles. The number of nitrogens with zero attached hydrogens (tertiary/aromatic N) is 1. The van der Waals surface area contributed by atoms with Gasteiger partial charge in [0.1, 0.15) is 10.5 Å². The van der Waals surface area contributed by atoms with E-state index < -0.39 is 11.5 Å². The van der Waals surface area contributed by atoms with Crippen LogP contribution in [0.4, 0.5) is 0 Å². The SMILES string of the molecule is CC(C)(C)c1csc(CNC2(C(=O)O)CCC2)n1. The highest BCUT2D eigenvalue weighted by molar-refractivity contribution is 7.09. The predicted molar refractivity (Wildman–Crippen MR) is 71.9 cm³/mol. The number of rotatable bonds is 4. The molecule has 5 heteroatoms. The van der Waals surface area contributed by atoms with Crippen LogP contribution in [0.1, 0.15) is 50.7 Å². The molecular weight excluding hydrogens is 248 g/mol. The second kappa shape index (κ2) is 4.63. The van der Waals surface area contributed by atoms with Crippen molar-refractivity contribution >= 4 is 17.3 Å². The molecule has 0 unspecified atom stereocenters. The lowest BCUT2D eigenvalue weighted by molar-refractivity contribution is -0.148. The molecule has 1 aromatic heterocycles. The van der Waals surface area contributed by atoms with Crippen LogP contribution in [-0.2, 0) is 16.8 Å². The first kappa shape index (κ1) is 13.5. The van der Waals surface area contributed by atoms with Gasteiger partial charge in [0.25, 0.3) is 0 Å². The van der Waals surface area contributed by atoms with Crippen molar-refractivity contribution in [2.24, 2.45) is 0 Å². The van der Waals surface area contributed by atoms with Crippen LogP contribution in [0.5, 0.6) is 0 Å². The Morgan fingerprint density at radius 2 is 2.22 bits per heavy atom. The summed E-state index contributed by atoms with van der Waals surface area (Å²) < 4.78 is 0. The largest absolute Gasteiger partial charge is 0.480 e. The van der Waals surface area contributed by atoms with E-state index in [1.165, 1.54) is 0 Å². The fourth-order valence-corrected chi connectivity index (χ4v) is 2.94. The van der Waals surface area contributed by atoms with Gasteiger partial charge in [-0.2, -0.15) is 0 Å². The Labute approximate surface area is 111 Å². The molecule has 4 nitrogen and oxygen atoms in total. The van der Waals surface area contributed by atoms with Crippen molar-refractivity contribution in [2.75, 3.05) is 0 Å². The lowest BCUT2D eigenvalue weighted by atomic mass is 9.77. The van der Waals surface area contributed by atoms with E-state index >= 15 is 0 Å². The summed E-state index contributed by atoms with van der Waals surface area (Å²) in [6, 6.07) is 0. The number of thiazole rings is 1. The minimum absolute atomic E-state index is 0.0513. The molecule has 0 aromatic carbocycles. The van der Waals surface area contributed by atoms with Crippen LogP contribution in [0, 0.1) is 0 Å². The molecule has 100 valence electrons. The summed E-state index contributed by atoms with van der Waals surface area (Å²) in [4.78, 5) is 15.8. The van der Waals surface area contributed by atoms with E-state index in [1.54, 1.807) is 11.3 Å². The highest BCUT2D eigenvalue weighted by Crippen LogP contribution is 2.32. The third kappa shape index (κ3) is 2.57. The van der Waals surface area contributed by atoms with Gasteiger partial charge in [-0.15, -0.1) is 11.3 Å². The van der Waals surface area contributed by atoms with Crippen LogP contribution < -0.4 is 5.32 Å². The monoisotopic (exact) mass is 268 g/mol. The van der Waals surface area contributed by atoms with E-state index in [1.807, 2.05) is 0 Å². The number of hydrogen-bond donors (Lipinski definition) is 2. The van der Waals surface area contributed by atoms with Gasteiger partial charge in [0.2, 0.25) is 0 Å². The summed E-state index contributed by atoms with van der Waals surface area (Å²) in [7, 11) is 0. The molecule has 1 fully saturated rings. The molecule has 0 atom stereocenters. The van der Waals surface area contributed by atoms with Gasteiger partial charge < -0.3 is 5.11 Å². The quantitative estimate of drug-likeness (QED) is 0.881. The van der Waals surface area contributed by atoms with Crippen LogP contribution >= 0.6 is 11.3 Å². The number of carbonyl (C=O) groups is 1. The van der Waals surface area contributed by atoms with E-state index in [-0.39, 0.29) is 5.41 Å². The molecule has 1 aromatic rings. The van der Waals surface area contributed by atoms with Crippen molar-refractivity contribution in [1.29, 1.82) is 0 Å². The Morgan fingerprint density at radius 1 is 1.56 bits per heavy atom. The summed E-state index contributed by atoms with van der Waals surface area (Å²) >= 11 is 1.60. The lowest BCUT2D eigenvalue weighted by Crippen LogP contribution is -2.56. The third-order valence-electron chi connectivity index (χ3n) is 3.51. The number of carboxylic acid groups (broad SMARTS) is 1. The lowest BCUT2D eigenvalue weighted by Gasteiger charge is -2.38. The van der Waals surface area contributed by atoms with E-state index in [0.29, 0.717) is 6.54 Å². The third-order valence-corrected chi connectivity index (χ3v) is 4.36. The minimum Gasteiger partial charge on any atom is -0.480 e. The maximum Gasteiger partial charge on any atom is 0.323 e. The average molecular weight is 268 g/mol. The highest BCUT2D eigenvalue weighted by Gasteiger charge is 2.43. The molecule has 18 heavy (non-hydrogen) atoms. The van der Waals surface area contributed by atoms with Crippen molar-refractivity contribution in [1.82, 2.24) is 10.3 Å². The molecule has 2 N–H and O–H groups in total. The first-order chi connectivity index (χ1) is 8.33. The summed E-state index contributed by atoms with van der Waals surface area (Å²) in [6.45, 7) is 6.94. The molecule has 0 spiro atoms. The van der Waals surface area contributed by atoms with Crippen LogP contribution in [0.25, 0.3) is 0 Å². The predicted octanol–water partition coefficient (Wildman–Crippen LogP) is 2.54. The molecule has 0 radical (unpaired) electrons. The molecule has 0 bridgehead atoms. The molecule has 0 aliphatic heterocycles. The summed E-state index contributed by atoms with van der Waals surface area (Å²) in [5.41, 5.74) is 0.422. The summed E-state index contributed by atoms with van der Waals surface area (Å²) in [5, 5.41) is 15.4. The number of hydrogen-bond acceptors (Lipinski definition) is 4. The zero-order valence-electron chi connectivity index (χ0n) is 11.1. The second-order valence-corrected chi connectivity index (χ2v) is 6.91. The standard InChI is InChI=1S/C13H20N2O2S/c1-12(2,3)9-8-18-10(15-9)7-14-13(11(16)17)5-4-6-13/h8,14H,4-7H2,1-3H3,(H,16,17). The molecule has 0 saturated heterocycles. The Kier molecular flexibility index (Phi) is 3.47. The maximum absolute atomic E-state index is 11.2. The number of aliphatic carboxylic acids is 1. The minimum atomic E-state index is -0.735. The average Bonchev–Trinajstić information content (AvgIpc) is 2.63. The van der Waals surface area contributed by atoms with Gasteiger partial charge in [-0.25, -0.2) is 4.98 Å². The zero-order valence-corrected chi connectivity index (χ0v) is 11.9. The molecule has 0 amide bonds. The van der Waals surface area contributed by atoms with E-state index in [0.717, 1.165) is 30.0 Å². The van der Waals surface area contributed by atoms with E-state index in [9.17, 15) is 9.90 Å². The van der Waals surface area contributed by atoms with Crippen molar-refractivity contribution in [3.05, 3.63) is 16.1 Å². The van der Waals surface area contributed by atoms with Crippen LogP contribution in [0.2, 0.25) is 0 Å². The Morgan fingerprint density at radius 3 is 2.61 bits per heavy atom. The topological polar surface area (TPSA) is 62.2 Å². The Bertz CT molecular complexity index is 444. The van der Waals surface area contributed by atoms with Gasteiger partial charge in [-0.05, 0) is 19.3 Å². The highest BCUT2D eigenvalue weighted by atomic mass is 32.1. The summed E-state index contributed by atoms with van der Waals surface area (Å²) in [5.74, 6) is -0.735. The zero-order chi connectivity index (χ0) is 13.4. The van der Waals surface area contributed by atoms with Gasteiger partial charge in [0.05, 0.1) is 5.69 Å². The van der Waals surface area contributed by atoms with Crippen molar-refractivity contribution in [2.45, 2.75) is 57.5 Å². The van der Waals surface area contributed by atoms with E-state index in [4.69, 9.17) is 0 Å². The summed E-state index contributed by atoms with van der Waals surface area (Å²) in [6.07, 6.45) is 2.43. The first-order valence-corrected chi connectivity index (χ1v) is 7.15. The fourth-order valence-electron chi connectivity index (χ4n) is 1.98. The first-order valence-electron chi connectivity index (χ1n) is 6.27. The number of carboxylic acids is 1. The Hall–Kier alpha value is -0.940. The van der Waals surface area contributed by atoms with Crippen LogP contribution in [0.15, 0.2) is 5.38 Å². The fraction of sp³-hybridized carbons (Fsp3) is 0.692. The van der Waals surface area contributed by atoms with Crippen molar-refractivity contribution in [3.8, 4) is 0 Å². The molecule has 1 aliphatic carbocycles. The molecule has 2 rings (SSSR count). The number of nitrogens with one attached hydrogen (secondary N) is 1. The Balaban J connectivity index is 1.98. The normalized spacial score (nSPS) is 18.4.